The van der Waals surface area contributed by atoms with Gasteiger partial charge in [0.25, 0.3) is 0 Å². The maximum absolute atomic E-state index is 5.10. The lowest BCUT2D eigenvalue weighted by molar-refractivity contribution is 0.387. The summed E-state index contributed by atoms with van der Waals surface area (Å²) in [5, 5.41) is 13.1. The first-order valence-electron chi connectivity index (χ1n) is 6.53. The quantitative estimate of drug-likeness (QED) is 0.669. The summed E-state index contributed by atoms with van der Waals surface area (Å²) in [6.45, 7) is 4.65. The normalized spacial score (nSPS) is 11.0. The molecule has 0 unspecified atom stereocenters. The Morgan fingerprint density at radius 3 is 2.71 bits per heavy atom. The lowest BCUT2D eigenvalue weighted by atomic mass is 10.2. The maximum Gasteiger partial charge on any atom is 0.237 e. The summed E-state index contributed by atoms with van der Waals surface area (Å²) in [5.41, 5.74) is 1.000. The molecule has 0 aromatic carbocycles. The molecule has 3 rings (SSSR count). The van der Waals surface area contributed by atoms with Crippen LogP contribution in [0.1, 0.15) is 18.6 Å². The summed E-state index contributed by atoms with van der Waals surface area (Å²) >= 11 is 1.53. The van der Waals surface area contributed by atoms with Crippen LogP contribution in [0.2, 0.25) is 0 Å². The molecule has 3 aromatic rings. The molecule has 0 N–H and O–H groups in total. The highest BCUT2D eigenvalue weighted by Gasteiger charge is 2.14. The Morgan fingerprint density at radius 1 is 1.24 bits per heavy atom. The van der Waals surface area contributed by atoms with E-state index in [1.807, 2.05) is 12.1 Å². The highest BCUT2D eigenvalue weighted by molar-refractivity contribution is 7.98. The molecule has 7 nitrogen and oxygen atoms in total. The summed E-state index contributed by atoms with van der Waals surface area (Å²) in [6.07, 6.45) is 3.50. The van der Waals surface area contributed by atoms with E-state index in [0.717, 1.165) is 23.1 Å². The van der Waals surface area contributed by atoms with Gasteiger partial charge in [-0.15, -0.1) is 10.2 Å². The maximum atomic E-state index is 5.10. The van der Waals surface area contributed by atoms with E-state index in [0.29, 0.717) is 17.5 Å². The van der Waals surface area contributed by atoms with Crippen LogP contribution in [-0.4, -0.2) is 29.9 Å². The van der Waals surface area contributed by atoms with Crippen molar-refractivity contribution in [2.45, 2.75) is 31.3 Å². The number of thioether (sulfide) groups is 1. The number of pyridine rings is 1. The largest absolute Gasteiger partial charge is 0.338 e. The Kier molecular flexibility index (Phi) is 3.96. The first kappa shape index (κ1) is 13.7. The van der Waals surface area contributed by atoms with Crippen molar-refractivity contribution < 1.29 is 4.52 Å². The molecule has 0 aliphatic carbocycles. The number of aryl methyl sites for hydroxylation is 1. The molecule has 8 heteroatoms. The smallest absolute Gasteiger partial charge is 0.237 e. The van der Waals surface area contributed by atoms with Gasteiger partial charge in [0.05, 0.1) is 5.75 Å². The zero-order valence-corrected chi connectivity index (χ0v) is 12.5. The molecular formula is C13H14N6OS. The summed E-state index contributed by atoms with van der Waals surface area (Å²) in [4.78, 5) is 8.20. The fraction of sp³-hybridized carbons (Fsp3) is 0.308. The monoisotopic (exact) mass is 302 g/mol. The van der Waals surface area contributed by atoms with Crippen molar-refractivity contribution in [3.63, 3.8) is 0 Å². The first-order valence-corrected chi connectivity index (χ1v) is 7.52. The second-order valence-electron chi connectivity index (χ2n) is 4.31. The zero-order chi connectivity index (χ0) is 14.7. The molecular weight excluding hydrogens is 288 g/mol. The molecule has 0 saturated heterocycles. The number of hydrogen-bond acceptors (Lipinski definition) is 7. The van der Waals surface area contributed by atoms with E-state index >= 15 is 0 Å². The van der Waals surface area contributed by atoms with Gasteiger partial charge in [-0.3, -0.25) is 4.98 Å². The third kappa shape index (κ3) is 2.94. The van der Waals surface area contributed by atoms with Gasteiger partial charge in [-0.2, -0.15) is 4.98 Å². The van der Waals surface area contributed by atoms with E-state index in [4.69, 9.17) is 4.52 Å². The van der Waals surface area contributed by atoms with Gasteiger partial charge < -0.3 is 9.09 Å². The van der Waals surface area contributed by atoms with Crippen LogP contribution < -0.4 is 0 Å². The number of rotatable bonds is 5. The second-order valence-corrected chi connectivity index (χ2v) is 5.25. The number of aromatic nitrogens is 6. The van der Waals surface area contributed by atoms with Crippen molar-refractivity contribution in [2.24, 2.45) is 0 Å². The highest BCUT2D eigenvalue weighted by Crippen LogP contribution is 2.25. The molecule has 108 valence electrons. The average Bonchev–Trinajstić information content (AvgIpc) is 3.11. The van der Waals surface area contributed by atoms with E-state index in [-0.39, 0.29) is 0 Å². The second kappa shape index (κ2) is 6.04. The van der Waals surface area contributed by atoms with Crippen LogP contribution in [0.4, 0.5) is 0 Å². The standard InChI is InChI=1S/C13H14N6OS/c1-3-19-12(10-4-6-14-7-5-10)16-17-13(19)21-8-11-15-9(2)18-20-11/h4-7H,3,8H2,1-2H3. The van der Waals surface area contributed by atoms with Crippen molar-refractivity contribution in [3.05, 3.63) is 36.2 Å². The van der Waals surface area contributed by atoms with Gasteiger partial charge in [0.1, 0.15) is 0 Å². The molecule has 3 heterocycles. The van der Waals surface area contributed by atoms with E-state index in [2.05, 4.69) is 36.8 Å². The van der Waals surface area contributed by atoms with E-state index in [1.165, 1.54) is 11.8 Å². The fourth-order valence-corrected chi connectivity index (χ4v) is 2.76. The molecule has 0 fully saturated rings. The molecule has 0 radical (unpaired) electrons. The van der Waals surface area contributed by atoms with Crippen molar-refractivity contribution in [2.75, 3.05) is 0 Å². The van der Waals surface area contributed by atoms with Gasteiger partial charge >= 0.3 is 0 Å². The molecule has 0 amide bonds. The van der Waals surface area contributed by atoms with Crippen LogP contribution >= 0.6 is 11.8 Å². The van der Waals surface area contributed by atoms with Gasteiger partial charge in [0, 0.05) is 24.5 Å². The van der Waals surface area contributed by atoms with E-state index in [1.54, 1.807) is 19.3 Å². The molecule has 0 atom stereocenters. The predicted molar refractivity (Wildman–Crippen MR) is 77.5 cm³/mol. The number of hydrogen-bond donors (Lipinski definition) is 0. The van der Waals surface area contributed by atoms with Gasteiger partial charge in [0.15, 0.2) is 16.8 Å². The first-order chi connectivity index (χ1) is 10.3. The van der Waals surface area contributed by atoms with Crippen molar-refractivity contribution in [1.29, 1.82) is 0 Å². The Morgan fingerprint density at radius 2 is 2.05 bits per heavy atom. The van der Waals surface area contributed by atoms with E-state index in [9.17, 15) is 0 Å². The molecule has 0 aliphatic heterocycles. The third-order valence-electron chi connectivity index (χ3n) is 2.87. The minimum Gasteiger partial charge on any atom is -0.338 e. The Balaban J connectivity index is 1.82. The van der Waals surface area contributed by atoms with Crippen LogP contribution in [0.3, 0.4) is 0 Å². The molecule has 3 aromatic heterocycles. The van der Waals surface area contributed by atoms with Crippen LogP contribution in [0.15, 0.2) is 34.2 Å². The minimum absolute atomic E-state index is 0.579. The van der Waals surface area contributed by atoms with Crippen LogP contribution in [0, 0.1) is 6.92 Å². The summed E-state index contributed by atoms with van der Waals surface area (Å²) in [5.74, 6) is 2.65. The Bertz CT molecular complexity index is 723. The van der Waals surface area contributed by atoms with Gasteiger partial charge in [0.2, 0.25) is 5.89 Å². The number of nitrogens with zero attached hydrogens (tertiary/aromatic N) is 6. The molecule has 0 saturated carbocycles. The molecule has 0 aliphatic rings. The average molecular weight is 302 g/mol. The lowest BCUT2D eigenvalue weighted by Crippen LogP contribution is -2.00. The fourth-order valence-electron chi connectivity index (χ4n) is 1.92. The summed E-state index contributed by atoms with van der Waals surface area (Å²) in [6, 6.07) is 3.85. The Hall–Kier alpha value is -2.22. The highest BCUT2D eigenvalue weighted by atomic mass is 32.2. The van der Waals surface area contributed by atoms with Crippen LogP contribution in [0.5, 0.6) is 0 Å². The lowest BCUT2D eigenvalue weighted by Gasteiger charge is -2.06. The molecule has 0 spiro atoms. The van der Waals surface area contributed by atoms with Gasteiger partial charge in [-0.25, -0.2) is 0 Å². The van der Waals surface area contributed by atoms with Gasteiger partial charge in [-0.05, 0) is 26.0 Å². The zero-order valence-electron chi connectivity index (χ0n) is 11.7. The van der Waals surface area contributed by atoms with Crippen molar-refractivity contribution in [3.8, 4) is 11.4 Å². The summed E-state index contributed by atoms with van der Waals surface area (Å²) in [7, 11) is 0. The predicted octanol–water partition coefficient (Wildman–Crippen LogP) is 2.34. The third-order valence-corrected chi connectivity index (χ3v) is 3.82. The minimum atomic E-state index is 0.579. The van der Waals surface area contributed by atoms with E-state index < -0.39 is 0 Å². The molecule has 0 bridgehead atoms. The Labute approximate surface area is 125 Å². The van der Waals surface area contributed by atoms with Crippen molar-refractivity contribution >= 4 is 11.8 Å². The summed E-state index contributed by atoms with van der Waals surface area (Å²) < 4.78 is 7.16. The SMILES string of the molecule is CCn1c(SCc2nc(C)no2)nnc1-c1ccncc1. The molecule has 21 heavy (non-hydrogen) atoms. The van der Waals surface area contributed by atoms with Gasteiger partial charge in [-0.1, -0.05) is 16.9 Å². The topological polar surface area (TPSA) is 82.5 Å². The van der Waals surface area contributed by atoms with Crippen molar-refractivity contribution in [1.82, 2.24) is 29.9 Å². The van der Waals surface area contributed by atoms with Crippen LogP contribution in [-0.2, 0) is 12.3 Å². The van der Waals surface area contributed by atoms with Crippen LogP contribution in [0.25, 0.3) is 11.4 Å².